The van der Waals surface area contributed by atoms with Crippen molar-refractivity contribution in [2.24, 2.45) is 0 Å². The van der Waals surface area contributed by atoms with Crippen molar-refractivity contribution in [3.8, 4) is 11.3 Å². The van der Waals surface area contributed by atoms with E-state index in [2.05, 4.69) is 55.9 Å². The average molecular weight is 367 g/mol. The van der Waals surface area contributed by atoms with Crippen molar-refractivity contribution in [2.75, 3.05) is 0 Å². The minimum atomic E-state index is -1.73. The molecule has 0 bridgehead atoms. The summed E-state index contributed by atoms with van der Waals surface area (Å²) in [6, 6.07) is 12.1. The molecule has 0 atom stereocenters. The van der Waals surface area contributed by atoms with Gasteiger partial charge in [-0.1, -0.05) is 48.8 Å². The molecule has 1 heterocycles. The fourth-order valence-electron chi connectivity index (χ4n) is 1.72. The van der Waals surface area contributed by atoms with Crippen LogP contribution in [0.3, 0.4) is 0 Å². The Morgan fingerprint density at radius 2 is 1.86 bits per heavy atom. The van der Waals surface area contributed by atoms with Crippen LogP contribution in [0.4, 0.5) is 0 Å². The molecule has 114 valence electrons. The van der Waals surface area contributed by atoms with Crippen LogP contribution < -0.4 is 0 Å². The molecule has 1 aromatic carbocycles. The van der Waals surface area contributed by atoms with Crippen LogP contribution in [-0.4, -0.2) is 8.32 Å². The van der Waals surface area contributed by atoms with E-state index in [0.29, 0.717) is 6.61 Å². The summed E-state index contributed by atoms with van der Waals surface area (Å²) >= 11 is 3.48. The normalized spacial score (nSPS) is 12.7. The first-order chi connectivity index (χ1) is 9.69. The van der Waals surface area contributed by atoms with Crippen LogP contribution in [0.1, 0.15) is 26.5 Å². The maximum absolute atomic E-state index is 6.19. The maximum Gasteiger partial charge on any atom is 0.192 e. The van der Waals surface area contributed by atoms with Crippen LogP contribution in [-0.2, 0) is 11.0 Å². The lowest BCUT2D eigenvalue weighted by Gasteiger charge is -2.35. The van der Waals surface area contributed by atoms with Crippen molar-refractivity contribution in [3.05, 3.63) is 46.6 Å². The monoisotopic (exact) mass is 366 g/mol. The molecule has 4 heteroatoms. The Labute approximate surface area is 136 Å². The zero-order chi connectivity index (χ0) is 15.7. The molecule has 0 aliphatic carbocycles. The van der Waals surface area contributed by atoms with Gasteiger partial charge >= 0.3 is 0 Å². The molecule has 0 saturated carbocycles. The lowest BCUT2D eigenvalue weighted by atomic mass is 10.2. The van der Waals surface area contributed by atoms with Crippen LogP contribution in [0.15, 0.2) is 45.3 Å². The van der Waals surface area contributed by atoms with Crippen LogP contribution in [0.5, 0.6) is 0 Å². The van der Waals surface area contributed by atoms with Crippen molar-refractivity contribution in [1.29, 1.82) is 0 Å². The van der Waals surface area contributed by atoms with E-state index in [1.54, 1.807) is 0 Å². The van der Waals surface area contributed by atoms with Gasteiger partial charge in [-0.05, 0) is 42.4 Å². The largest absolute Gasteiger partial charge is 0.459 e. The van der Waals surface area contributed by atoms with Crippen molar-refractivity contribution in [1.82, 2.24) is 0 Å². The Morgan fingerprint density at radius 1 is 1.14 bits per heavy atom. The third-order valence-corrected chi connectivity index (χ3v) is 9.12. The first-order valence-corrected chi connectivity index (χ1v) is 10.9. The number of halogens is 1. The summed E-state index contributed by atoms with van der Waals surface area (Å²) in [5.74, 6) is 1.76. The van der Waals surface area contributed by atoms with Gasteiger partial charge in [0.2, 0.25) is 0 Å². The van der Waals surface area contributed by atoms with E-state index in [-0.39, 0.29) is 5.04 Å². The van der Waals surface area contributed by atoms with Crippen molar-refractivity contribution < 1.29 is 8.84 Å². The fourth-order valence-corrected chi connectivity index (χ4v) is 3.06. The van der Waals surface area contributed by atoms with Gasteiger partial charge in [-0.3, -0.25) is 0 Å². The van der Waals surface area contributed by atoms with Gasteiger partial charge in [0, 0.05) is 10.0 Å². The topological polar surface area (TPSA) is 22.4 Å². The molecular weight excluding hydrogens is 344 g/mol. The molecule has 2 aromatic rings. The molecule has 0 spiro atoms. The Morgan fingerprint density at radius 3 is 2.48 bits per heavy atom. The molecular formula is C17H23BrO2Si. The lowest BCUT2D eigenvalue weighted by Crippen LogP contribution is -2.40. The van der Waals surface area contributed by atoms with Crippen molar-refractivity contribution >= 4 is 24.2 Å². The van der Waals surface area contributed by atoms with Gasteiger partial charge < -0.3 is 8.84 Å². The van der Waals surface area contributed by atoms with E-state index in [1.165, 1.54) is 0 Å². The minimum absolute atomic E-state index is 0.215. The molecule has 2 nitrogen and oxygen atoms in total. The smallest absolute Gasteiger partial charge is 0.192 e. The first kappa shape index (κ1) is 16.5. The predicted octanol–water partition coefficient (Wildman–Crippen LogP) is 6.23. The molecule has 2 rings (SSSR count). The zero-order valence-electron chi connectivity index (χ0n) is 13.4. The second kappa shape index (κ2) is 6.11. The Balaban J connectivity index is 2.08. The van der Waals surface area contributed by atoms with Crippen molar-refractivity contribution in [2.45, 2.75) is 45.5 Å². The summed E-state index contributed by atoms with van der Waals surface area (Å²) < 4.78 is 13.1. The second-order valence-electron chi connectivity index (χ2n) is 6.83. The van der Waals surface area contributed by atoms with Gasteiger partial charge in [0.1, 0.15) is 11.5 Å². The summed E-state index contributed by atoms with van der Waals surface area (Å²) in [5.41, 5.74) is 1.07. The Bertz CT molecular complexity index is 611. The second-order valence-corrected chi connectivity index (χ2v) is 12.6. The highest BCUT2D eigenvalue weighted by molar-refractivity contribution is 9.10. The molecule has 0 aliphatic rings. The molecule has 0 N–H and O–H groups in total. The van der Waals surface area contributed by atoms with Crippen LogP contribution in [0.2, 0.25) is 18.1 Å². The van der Waals surface area contributed by atoms with Gasteiger partial charge in [-0.15, -0.1) is 0 Å². The Kier molecular flexibility index (Phi) is 4.81. The van der Waals surface area contributed by atoms with E-state index < -0.39 is 8.32 Å². The molecule has 0 radical (unpaired) electrons. The van der Waals surface area contributed by atoms with Gasteiger partial charge in [-0.25, -0.2) is 0 Å². The van der Waals surface area contributed by atoms with Gasteiger partial charge in [0.15, 0.2) is 8.32 Å². The third-order valence-electron chi connectivity index (χ3n) is 4.15. The maximum atomic E-state index is 6.19. The highest BCUT2D eigenvalue weighted by Gasteiger charge is 2.37. The Hall–Kier alpha value is -0.843. The van der Waals surface area contributed by atoms with Gasteiger partial charge in [0.25, 0.3) is 0 Å². The number of hydrogen-bond acceptors (Lipinski definition) is 2. The molecule has 0 saturated heterocycles. The number of rotatable bonds is 4. The summed E-state index contributed by atoms with van der Waals surface area (Å²) in [7, 11) is -1.73. The molecule has 0 aliphatic heterocycles. The van der Waals surface area contributed by atoms with Gasteiger partial charge in [-0.2, -0.15) is 0 Å². The van der Waals surface area contributed by atoms with Crippen LogP contribution >= 0.6 is 15.9 Å². The minimum Gasteiger partial charge on any atom is -0.459 e. The molecule has 0 unspecified atom stereocenters. The molecule has 0 fully saturated rings. The summed E-state index contributed by atoms with van der Waals surface area (Å²) in [6.07, 6.45) is 0. The van der Waals surface area contributed by atoms with E-state index >= 15 is 0 Å². The highest BCUT2D eigenvalue weighted by atomic mass is 79.9. The highest BCUT2D eigenvalue weighted by Crippen LogP contribution is 2.37. The lowest BCUT2D eigenvalue weighted by molar-refractivity contribution is 0.247. The van der Waals surface area contributed by atoms with E-state index in [9.17, 15) is 0 Å². The van der Waals surface area contributed by atoms with E-state index in [0.717, 1.165) is 21.6 Å². The first-order valence-electron chi connectivity index (χ1n) is 7.18. The molecule has 21 heavy (non-hydrogen) atoms. The third kappa shape index (κ3) is 4.08. The fraction of sp³-hybridized carbons (Fsp3) is 0.412. The van der Waals surface area contributed by atoms with E-state index in [1.807, 2.05) is 30.3 Å². The summed E-state index contributed by atoms with van der Waals surface area (Å²) in [4.78, 5) is 0. The SMILES string of the molecule is CC(C)(C)[Si](C)(C)OCc1ccc(-c2cccc(Br)c2)o1. The van der Waals surface area contributed by atoms with Crippen LogP contribution in [0, 0.1) is 0 Å². The summed E-state index contributed by atoms with van der Waals surface area (Å²) in [5, 5.41) is 0.215. The average Bonchev–Trinajstić information content (AvgIpc) is 2.84. The zero-order valence-corrected chi connectivity index (χ0v) is 16.0. The summed E-state index contributed by atoms with van der Waals surface area (Å²) in [6.45, 7) is 11.8. The van der Waals surface area contributed by atoms with Crippen LogP contribution in [0.25, 0.3) is 11.3 Å². The molecule has 1 aromatic heterocycles. The van der Waals surface area contributed by atoms with Gasteiger partial charge in [0.05, 0.1) is 6.61 Å². The number of benzene rings is 1. The number of furan rings is 1. The standard InChI is InChI=1S/C17H23BrO2Si/c1-17(2,3)21(4,5)19-12-15-9-10-16(20-15)13-7-6-8-14(18)11-13/h6-11H,12H2,1-5H3. The predicted molar refractivity (Wildman–Crippen MR) is 93.8 cm³/mol. The molecule has 0 amide bonds. The van der Waals surface area contributed by atoms with Crippen molar-refractivity contribution in [3.63, 3.8) is 0 Å². The number of hydrogen-bond donors (Lipinski definition) is 0. The quantitative estimate of drug-likeness (QED) is 0.598. The van der Waals surface area contributed by atoms with E-state index in [4.69, 9.17) is 8.84 Å².